The molecule has 1 aromatic rings. The smallest absolute Gasteiger partial charge is 0.253 e. The van der Waals surface area contributed by atoms with E-state index in [1.807, 2.05) is 30.3 Å². The van der Waals surface area contributed by atoms with Crippen molar-refractivity contribution in [3.8, 4) is 0 Å². The molecule has 0 saturated carbocycles. The number of nitrogens with zero attached hydrogens (tertiary/aromatic N) is 1. The maximum atomic E-state index is 12.5. The van der Waals surface area contributed by atoms with Crippen molar-refractivity contribution in [1.29, 1.82) is 0 Å². The van der Waals surface area contributed by atoms with E-state index in [0.29, 0.717) is 5.03 Å². The molecule has 1 aliphatic heterocycles. The van der Waals surface area contributed by atoms with E-state index in [-0.39, 0.29) is 24.9 Å². The number of amides is 2. The minimum atomic E-state index is -1.05. The molecule has 0 aliphatic carbocycles. The highest BCUT2D eigenvalue weighted by Crippen LogP contribution is 2.26. The molecule has 1 N–H and O–H groups in total. The van der Waals surface area contributed by atoms with E-state index >= 15 is 0 Å². The topological polar surface area (TPSA) is 49.4 Å². The zero-order chi connectivity index (χ0) is 14.0. The molecule has 1 heterocycles. The first-order chi connectivity index (χ1) is 8.93. The molecule has 1 aliphatic rings. The van der Waals surface area contributed by atoms with Crippen LogP contribution in [0.3, 0.4) is 0 Å². The summed E-state index contributed by atoms with van der Waals surface area (Å²) < 4.78 is 0. The van der Waals surface area contributed by atoms with Gasteiger partial charge in [0.2, 0.25) is 5.91 Å². The van der Waals surface area contributed by atoms with Gasteiger partial charge in [0.1, 0.15) is 12.1 Å². The summed E-state index contributed by atoms with van der Waals surface area (Å²) in [6, 6.07) is 9.16. The van der Waals surface area contributed by atoms with Gasteiger partial charge in [-0.2, -0.15) is 0 Å². The van der Waals surface area contributed by atoms with E-state index in [0.717, 1.165) is 5.56 Å². The first kappa shape index (κ1) is 13.6. The molecule has 2 rings (SSSR count). The van der Waals surface area contributed by atoms with Crippen LogP contribution in [0, 0.1) is 0 Å². The lowest BCUT2D eigenvalue weighted by molar-refractivity contribution is -0.149. The highest BCUT2D eigenvalue weighted by atomic mass is 35.5. The SMILES string of the molecule is C=C(Cl)CN1CC(=O)NC(C)(c2ccccc2)C1=O. The van der Waals surface area contributed by atoms with Crippen molar-refractivity contribution >= 4 is 23.4 Å². The van der Waals surface area contributed by atoms with Crippen molar-refractivity contribution < 1.29 is 9.59 Å². The number of carbonyl (C=O) groups is 2. The molecule has 0 radical (unpaired) electrons. The molecule has 1 aromatic carbocycles. The highest BCUT2D eigenvalue weighted by Gasteiger charge is 2.44. The molecular weight excluding hydrogens is 264 g/mol. The van der Waals surface area contributed by atoms with Crippen LogP contribution in [-0.2, 0) is 15.1 Å². The molecule has 19 heavy (non-hydrogen) atoms. The molecule has 1 fully saturated rings. The lowest BCUT2D eigenvalue weighted by atomic mass is 9.88. The third kappa shape index (κ3) is 2.63. The maximum absolute atomic E-state index is 12.5. The van der Waals surface area contributed by atoms with Gasteiger partial charge < -0.3 is 10.2 Å². The van der Waals surface area contributed by atoms with Gasteiger partial charge in [0.25, 0.3) is 5.91 Å². The van der Waals surface area contributed by atoms with Crippen LogP contribution < -0.4 is 5.32 Å². The van der Waals surface area contributed by atoms with Crippen LogP contribution in [0.15, 0.2) is 41.9 Å². The second-order valence-corrected chi connectivity index (χ2v) is 5.25. The molecule has 1 unspecified atom stereocenters. The molecule has 1 atom stereocenters. The van der Waals surface area contributed by atoms with Gasteiger partial charge >= 0.3 is 0 Å². The van der Waals surface area contributed by atoms with Crippen molar-refractivity contribution in [3.05, 3.63) is 47.5 Å². The van der Waals surface area contributed by atoms with E-state index in [1.54, 1.807) is 6.92 Å². The Morgan fingerprint density at radius 3 is 2.63 bits per heavy atom. The van der Waals surface area contributed by atoms with Crippen LogP contribution in [0.1, 0.15) is 12.5 Å². The van der Waals surface area contributed by atoms with Gasteiger partial charge in [-0.3, -0.25) is 9.59 Å². The predicted molar refractivity (Wildman–Crippen MR) is 73.5 cm³/mol. The fourth-order valence-corrected chi connectivity index (χ4v) is 2.38. The van der Waals surface area contributed by atoms with Crippen molar-refractivity contribution in [3.63, 3.8) is 0 Å². The quantitative estimate of drug-likeness (QED) is 0.913. The molecule has 0 bridgehead atoms. The number of hydrogen-bond donors (Lipinski definition) is 1. The largest absolute Gasteiger partial charge is 0.337 e. The van der Waals surface area contributed by atoms with Crippen molar-refractivity contribution in [2.45, 2.75) is 12.5 Å². The highest BCUT2D eigenvalue weighted by molar-refractivity contribution is 6.29. The van der Waals surface area contributed by atoms with Gasteiger partial charge in [0.15, 0.2) is 0 Å². The molecule has 0 aromatic heterocycles. The number of piperazine rings is 1. The lowest BCUT2D eigenvalue weighted by Gasteiger charge is -2.40. The first-order valence-electron chi connectivity index (χ1n) is 5.92. The summed E-state index contributed by atoms with van der Waals surface area (Å²) in [6.07, 6.45) is 0. The summed E-state index contributed by atoms with van der Waals surface area (Å²) in [7, 11) is 0. The van der Waals surface area contributed by atoms with Crippen LogP contribution >= 0.6 is 11.6 Å². The monoisotopic (exact) mass is 278 g/mol. The number of benzene rings is 1. The van der Waals surface area contributed by atoms with Crippen LogP contribution in [0.5, 0.6) is 0 Å². The Balaban J connectivity index is 2.36. The summed E-state index contributed by atoms with van der Waals surface area (Å²) in [5.74, 6) is -0.385. The van der Waals surface area contributed by atoms with E-state index in [2.05, 4.69) is 11.9 Å². The van der Waals surface area contributed by atoms with Gasteiger partial charge in [-0.25, -0.2) is 0 Å². The van der Waals surface area contributed by atoms with Gasteiger partial charge in [-0.15, -0.1) is 0 Å². The standard InChI is InChI=1S/C14H15ClN2O2/c1-10(15)8-17-9-12(18)16-14(2,13(17)19)11-6-4-3-5-7-11/h3-7H,1,8-9H2,2H3,(H,16,18). The van der Waals surface area contributed by atoms with E-state index in [1.165, 1.54) is 4.90 Å². The Hall–Kier alpha value is -1.81. The number of rotatable bonds is 3. The molecular formula is C14H15ClN2O2. The van der Waals surface area contributed by atoms with Crippen LogP contribution in [0.25, 0.3) is 0 Å². The second-order valence-electron chi connectivity index (χ2n) is 4.72. The average molecular weight is 279 g/mol. The summed E-state index contributed by atoms with van der Waals surface area (Å²) in [6.45, 7) is 5.45. The Labute approximate surface area is 117 Å². The van der Waals surface area contributed by atoms with Crippen molar-refractivity contribution in [2.24, 2.45) is 0 Å². The van der Waals surface area contributed by atoms with Crippen LogP contribution in [-0.4, -0.2) is 29.8 Å². The number of halogens is 1. The van der Waals surface area contributed by atoms with Crippen molar-refractivity contribution in [2.75, 3.05) is 13.1 Å². The maximum Gasteiger partial charge on any atom is 0.253 e. The molecule has 0 spiro atoms. The predicted octanol–water partition coefficient (Wildman–Crippen LogP) is 1.61. The third-order valence-electron chi connectivity index (χ3n) is 3.15. The molecule has 2 amide bonds. The van der Waals surface area contributed by atoms with E-state index in [9.17, 15) is 9.59 Å². The Morgan fingerprint density at radius 2 is 2.05 bits per heavy atom. The number of nitrogens with one attached hydrogen (secondary N) is 1. The van der Waals surface area contributed by atoms with Crippen molar-refractivity contribution in [1.82, 2.24) is 10.2 Å². The normalized spacial score (nSPS) is 23.2. The molecule has 100 valence electrons. The first-order valence-corrected chi connectivity index (χ1v) is 6.30. The summed E-state index contributed by atoms with van der Waals surface area (Å²) in [4.78, 5) is 25.8. The minimum Gasteiger partial charge on any atom is -0.337 e. The fraction of sp³-hybridized carbons (Fsp3) is 0.286. The minimum absolute atomic E-state index is 0.00694. The molecule has 4 nitrogen and oxygen atoms in total. The number of hydrogen-bond acceptors (Lipinski definition) is 2. The second kappa shape index (κ2) is 5.05. The molecule has 1 saturated heterocycles. The zero-order valence-electron chi connectivity index (χ0n) is 10.6. The summed E-state index contributed by atoms with van der Waals surface area (Å²) in [5, 5.41) is 3.09. The lowest BCUT2D eigenvalue weighted by Crippen LogP contribution is -2.63. The zero-order valence-corrected chi connectivity index (χ0v) is 11.4. The van der Waals surface area contributed by atoms with Crippen LogP contribution in [0.2, 0.25) is 0 Å². The van der Waals surface area contributed by atoms with Gasteiger partial charge in [0.05, 0.1) is 6.54 Å². The Bertz CT molecular complexity index is 528. The average Bonchev–Trinajstić information content (AvgIpc) is 2.36. The van der Waals surface area contributed by atoms with Crippen LogP contribution in [0.4, 0.5) is 0 Å². The Kier molecular flexibility index (Phi) is 3.62. The van der Waals surface area contributed by atoms with E-state index in [4.69, 9.17) is 11.6 Å². The van der Waals surface area contributed by atoms with Gasteiger partial charge in [0, 0.05) is 5.03 Å². The Morgan fingerprint density at radius 1 is 1.42 bits per heavy atom. The van der Waals surface area contributed by atoms with E-state index < -0.39 is 5.54 Å². The fourth-order valence-electron chi connectivity index (χ4n) is 2.24. The van der Waals surface area contributed by atoms with Gasteiger partial charge in [-0.05, 0) is 12.5 Å². The summed E-state index contributed by atoms with van der Waals surface area (Å²) in [5.41, 5.74) is -0.304. The van der Waals surface area contributed by atoms with Gasteiger partial charge in [-0.1, -0.05) is 48.5 Å². The molecule has 5 heteroatoms. The summed E-state index contributed by atoms with van der Waals surface area (Å²) >= 11 is 5.74. The number of carbonyl (C=O) groups excluding carboxylic acids is 2. The third-order valence-corrected chi connectivity index (χ3v) is 3.27.